The van der Waals surface area contributed by atoms with Gasteiger partial charge < -0.3 is 10.4 Å². The van der Waals surface area contributed by atoms with Crippen LogP contribution in [0.5, 0.6) is 0 Å². The summed E-state index contributed by atoms with van der Waals surface area (Å²) in [5, 5.41) is 15.7. The van der Waals surface area contributed by atoms with Crippen LogP contribution >= 0.6 is 0 Å². The van der Waals surface area contributed by atoms with Gasteiger partial charge in [0.25, 0.3) is 0 Å². The number of carbonyl (C=O) groups is 2. The molecule has 6 nitrogen and oxygen atoms in total. The fraction of sp³-hybridized carbons (Fsp3) is 0.133. The Morgan fingerprint density at radius 3 is 2.76 bits per heavy atom. The van der Waals surface area contributed by atoms with Crippen LogP contribution < -0.4 is 5.32 Å². The maximum atomic E-state index is 11.8. The normalized spacial score (nSPS) is 10.8. The zero-order valence-electron chi connectivity index (χ0n) is 11.7. The first-order chi connectivity index (χ1) is 9.95. The van der Waals surface area contributed by atoms with E-state index < -0.39 is 5.97 Å². The van der Waals surface area contributed by atoms with Crippen LogP contribution in [0.1, 0.15) is 21.5 Å². The summed E-state index contributed by atoms with van der Waals surface area (Å²) in [5.41, 5.74) is 2.07. The number of aryl methyl sites for hydroxylation is 2. The van der Waals surface area contributed by atoms with Crippen molar-refractivity contribution in [3.63, 3.8) is 0 Å². The van der Waals surface area contributed by atoms with Gasteiger partial charge in [-0.2, -0.15) is 5.10 Å². The first-order valence-electron chi connectivity index (χ1n) is 6.27. The Morgan fingerprint density at radius 2 is 2.14 bits per heavy atom. The van der Waals surface area contributed by atoms with Crippen molar-refractivity contribution in [1.82, 2.24) is 9.78 Å². The van der Waals surface area contributed by atoms with Gasteiger partial charge in [-0.1, -0.05) is 6.07 Å². The molecule has 2 N–H and O–H groups in total. The van der Waals surface area contributed by atoms with Gasteiger partial charge in [-0.05, 0) is 30.7 Å². The highest BCUT2D eigenvalue weighted by molar-refractivity contribution is 6.02. The molecular weight excluding hydrogens is 270 g/mol. The molecule has 21 heavy (non-hydrogen) atoms. The van der Waals surface area contributed by atoms with E-state index >= 15 is 0 Å². The molecular formula is C15H15N3O3. The number of nitrogens with one attached hydrogen (secondary N) is 1. The second kappa shape index (κ2) is 6.04. The lowest BCUT2D eigenvalue weighted by atomic mass is 10.1. The van der Waals surface area contributed by atoms with E-state index in [4.69, 9.17) is 5.11 Å². The van der Waals surface area contributed by atoms with Gasteiger partial charge in [0.1, 0.15) is 0 Å². The third kappa shape index (κ3) is 3.79. The summed E-state index contributed by atoms with van der Waals surface area (Å²) in [6.45, 7) is 1.71. The molecule has 1 heterocycles. The number of aromatic nitrogens is 2. The fourth-order valence-electron chi connectivity index (χ4n) is 1.81. The summed E-state index contributed by atoms with van der Waals surface area (Å²) in [4.78, 5) is 22.8. The van der Waals surface area contributed by atoms with Gasteiger partial charge in [0.05, 0.1) is 11.8 Å². The molecule has 0 aliphatic heterocycles. The Morgan fingerprint density at radius 1 is 1.38 bits per heavy atom. The van der Waals surface area contributed by atoms with Crippen LogP contribution in [0.2, 0.25) is 0 Å². The number of carbonyl (C=O) groups excluding carboxylic acids is 1. The molecule has 0 saturated carbocycles. The zero-order chi connectivity index (χ0) is 15.4. The average Bonchev–Trinajstić information content (AvgIpc) is 2.84. The number of nitrogens with zero attached hydrogens (tertiary/aromatic N) is 2. The summed E-state index contributed by atoms with van der Waals surface area (Å²) in [7, 11) is 1.79. The highest BCUT2D eigenvalue weighted by Crippen LogP contribution is 2.15. The van der Waals surface area contributed by atoms with Crippen LogP contribution in [-0.2, 0) is 11.8 Å². The van der Waals surface area contributed by atoms with Crippen molar-refractivity contribution in [2.75, 3.05) is 5.32 Å². The van der Waals surface area contributed by atoms with Gasteiger partial charge in [0, 0.05) is 30.6 Å². The minimum Gasteiger partial charge on any atom is -0.478 e. The molecule has 1 amide bonds. The summed E-state index contributed by atoms with van der Waals surface area (Å²) in [6.07, 6.45) is 6.42. The monoisotopic (exact) mass is 285 g/mol. The van der Waals surface area contributed by atoms with Gasteiger partial charge in [-0.15, -0.1) is 0 Å². The molecule has 0 saturated heterocycles. The van der Waals surface area contributed by atoms with Crippen molar-refractivity contribution in [3.8, 4) is 0 Å². The highest BCUT2D eigenvalue weighted by Gasteiger charge is 2.08. The first-order valence-corrected chi connectivity index (χ1v) is 6.27. The number of amides is 1. The van der Waals surface area contributed by atoms with Crippen molar-refractivity contribution in [1.29, 1.82) is 0 Å². The number of aromatic carboxylic acids is 1. The SMILES string of the molecule is Cc1ccc(NC(=O)/C=C/c2cnn(C)c2)cc1C(=O)O. The van der Waals surface area contributed by atoms with E-state index in [0.717, 1.165) is 5.56 Å². The third-order valence-electron chi connectivity index (χ3n) is 2.89. The molecule has 0 fully saturated rings. The maximum Gasteiger partial charge on any atom is 0.336 e. The molecule has 0 radical (unpaired) electrons. The van der Waals surface area contributed by atoms with Crippen LogP contribution in [0.4, 0.5) is 5.69 Å². The van der Waals surface area contributed by atoms with Crippen LogP contribution in [0, 0.1) is 6.92 Å². The lowest BCUT2D eigenvalue weighted by molar-refractivity contribution is -0.111. The van der Waals surface area contributed by atoms with Gasteiger partial charge >= 0.3 is 5.97 Å². The molecule has 1 aromatic heterocycles. The number of anilines is 1. The second-order valence-electron chi connectivity index (χ2n) is 4.60. The molecule has 0 aliphatic rings. The lowest BCUT2D eigenvalue weighted by Crippen LogP contribution is -2.09. The molecule has 108 valence electrons. The van der Waals surface area contributed by atoms with E-state index in [2.05, 4.69) is 10.4 Å². The Hall–Kier alpha value is -2.89. The van der Waals surface area contributed by atoms with E-state index in [0.29, 0.717) is 11.3 Å². The molecule has 2 aromatic rings. The van der Waals surface area contributed by atoms with Crippen LogP contribution in [0.25, 0.3) is 6.08 Å². The molecule has 2 rings (SSSR count). The minimum atomic E-state index is -1.02. The van der Waals surface area contributed by atoms with Crippen LogP contribution in [0.3, 0.4) is 0 Å². The van der Waals surface area contributed by atoms with Crippen molar-refractivity contribution >= 4 is 23.6 Å². The molecule has 0 aliphatic carbocycles. The largest absolute Gasteiger partial charge is 0.478 e. The zero-order valence-corrected chi connectivity index (χ0v) is 11.7. The van der Waals surface area contributed by atoms with Gasteiger partial charge in [0.15, 0.2) is 0 Å². The lowest BCUT2D eigenvalue weighted by Gasteiger charge is -2.05. The topological polar surface area (TPSA) is 84.2 Å². The van der Waals surface area contributed by atoms with E-state index in [1.165, 1.54) is 12.1 Å². The third-order valence-corrected chi connectivity index (χ3v) is 2.89. The summed E-state index contributed by atoms with van der Waals surface area (Å²) >= 11 is 0. The van der Waals surface area contributed by atoms with Crippen molar-refractivity contribution in [2.24, 2.45) is 7.05 Å². The maximum absolute atomic E-state index is 11.8. The quantitative estimate of drug-likeness (QED) is 0.842. The molecule has 0 spiro atoms. The predicted molar refractivity (Wildman–Crippen MR) is 79.0 cm³/mol. The second-order valence-corrected chi connectivity index (χ2v) is 4.60. The summed E-state index contributed by atoms with van der Waals surface area (Å²) in [5.74, 6) is -1.35. The Kier molecular flexibility index (Phi) is 4.18. The highest BCUT2D eigenvalue weighted by atomic mass is 16.4. The van der Waals surface area contributed by atoms with E-state index in [-0.39, 0.29) is 11.5 Å². The Bertz CT molecular complexity index is 717. The molecule has 1 aromatic carbocycles. The number of carboxylic acids is 1. The number of rotatable bonds is 4. The van der Waals surface area contributed by atoms with Crippen molar-refractivity contribution < 1.29 is 14.7 Å². The van der Waals surface area contributed by atoms with Crippen LogP contribution in [0.15, 0.2) is 36.7 Å². The van der Waals surface area contributed by atoms with Gasteiger partial charge in [-0.3, -0.25) is 9.48 Å². The molecule has 0 bridgehead atoms. The Labute approximate surface area is 121 Å². The number of hydrogen-bond donors (Lipinski definition) is 2. The average molecular weight is 285 g/mol. The fourth-order valence-corrected chi connectivity index (χ4v) is 1.81. The van der Waals surface area contributed by atoms with E-state index in [1.807, 2.05) is 0 Å². The number of carboxylic acid groups (broad SMARTS) is 1. The number of benzene rings is 1. The summed E-state index contributed by atoms with van der Waals surface area (Å²) in [6, 6.07) is 4.76. The summed E-state index contributed by atoms with van der Waals surface area (Å²) < 4.78 is 1.64. The number of hydrogen-bond acceptors (Lipinski definition) is 3. The first kappa shape index (κ1) is 14.5. The standard InChI is InChI=1S/C15H15N3O3/c1-10-3-5-12(7-13(10)15(20)21)17-14(19)6-4-11-8-16-18(2)9-11/h3-9H,1-2H3,(H,17,19)(H,20,21)/b6-4+. The van der Waals surface area contributed by atoms with E-state index in [1.54, 1.807) is 49.3 Å². The van der Waals surface area contributed by atoms with Gasteiger partial charge in [0.2, 0.25) is 5.91 Å². The van der Waals surface area contributed by atoms with E-state index in [9.17, 15) is 9.59 Å². The molecule has 6 heteroatoms. The van der Waals surface area contributed by atoms with Crippen molar-refractivity contribution in [3.05, 3.63) is 53.4 Å². The smallest absolute Gasteiger partial charge is 0.336 e. The predicted octanol–water partition coefficient (Wildman–Crippen LogP) is 2.08. The van der Waals surface area contributed by atoms with Crippen molar-refractivity contribution in [2.45, 2.75) is 6.92 Å². The van der Waals surface area contributed by atoms with Gasteiger partial charge in [-0.25, -0.2) is 4.79 Å². The molecule has 0 atom stereocenters. The van der Waals surface area contributed by atoms with Crippen LogP contribution in [-0.4, -0.2) is 26.8 Å². The molecule has 0 unspecified atom stereocenters. The minimum absolute atomic E-state index is 0.170. The Balaban J connectivity index is 2.07.